The molecule has 0 spiro atoms. The summed E-state index contributed by atoms with van der Waals surface area (Å²) in [6.45, 7) is 0. The molecule has 0 unspecified atom stereocenters. The van der Waals surface area contributed by atoms with Crippen LogP contribution in [0.3, 0.4) is 0 Å². The highest BCUT2D eigenvalue weighted by molar-refractivity contribution is 5.96. The van der Waals surface area contributed by atoms with E-state index in [4.69, 9.17) is 23.4 Å². The minimum atomic E-state index is -0.747. The third-order valence-electron chi connectivity index (χ3n) is 4.21. The van der Waals surface area contributed by atoms with Crippen molar-refractivity contribution in [1.29, 1.82) is 0 Å². The number of aromatic hydroxyl groups is 3. The van der Waals surface area contributed by atoms with Gasteiger partial charge in [-0.15, -0.1) is 0 Å². The molecule has 0 radical (unpaired) electrons. The van der Waals surface area contributed by atoms with E-state index >= 15 is 0 Å². The zero-order chi connectivity index (χ0) is 20.6. The monoisotopic (exact) mass is 390 g/mol. The van der Waals surface area contributed by atoms with Gasteiger partial charge in [0.05, 0.1) is 28.4 Å². The lowest BCUT2D eigenvalue weighted by molar-refractivity contribution is 0.320. The Morgan fingerprint density at radius 2 is 1.46 bits per heavy atom. The molecule has 148 valence electrons. The van der Waals surface area contributed by atoms with E-state index in [2.05, 4.69) is 0 Å². The highest BCUT2D eigenvalue weighted by Crippen LogP contribution is 2.50. The summed E-state index contributed by atoms with van der Waals surface area (Å²) in [5, 5.41) is 30.2. The van der Waals surface area contributed by atoms with Crippen LogP contribution < -0.4 is 24.4 Å². The van der Waals surface area contributed by atoms with E-state index in [0.29, 0.717) is 5.56 Å². The molecule has 3 aromatic rings. The minimum Gasteiger partial charge on any atom is -0.504 e. The van der Waals surface area contributed by atoms with Crippen molar-refractivity contribution in [1.82, 2.24) is 0 Å². The summed E-state index contributed by atoms with van der Waals surface area (Å²) in [5.74, 6) is -1.91. The Labute approximate surface area is 158 Å². The fourth-order valence-corrected chi connectivity index (χ4v) is 2.91. The predicted molar refractivity (Wildman–Crippen MR) is 99.1 cm³/mol. The van der Waals surface area contributed by atoms with Crippen molar-refractivity contribution in [2.75, 3.05) is 28.4 Å². The average Bonchev–Trinajstić information content (AvgIpc) is 2.69. The molecule has 1 heterocycles. The van der Waals surface area contributed by atoms with Gasteiger partial charge in [0, 0.05) is 5.56 Å². The molecule has 9 nitrogen and oxygen atoms in total. The molecule has 0 saturated carbocycles. The van der Waals surface area contributed by atoms with Crippen molar-refractivity contribution in [2.45, 2.75) is 0 Å². The van der Waals surface area contributed by atoms with Crippen molar-refractivity contribution in [3.8, 4) is 51.6 Å². The van der Waals surface area contributed by atoms with Crippen LogP contribution in [0.4, 0.5) is 0 Å². The van der Waals surface area contributed by atoms with Crippen LogP contribution in [0.25, 0.3) is 22.3 Å². The summed E-state index contributed by atoms with van der Waals surface area (Å²) in [5.41, 5.74) is -0.601. The van der Waals surface area contributed by atoms with Gasteiger partial charge < -0.3 is 38.7 Å². The molecule has 0 saturated heterocycles. The molecule has 3 N–H and O–H groups in total. The molecular formula is C19H18O9. The van der Waals surface area contributed by atoms with Gasteiger partial charge >= 0.3 is 0 Å². The van der Waals surface area contributed by atoms with Gasteiger partial charge in [0.2, 0.25) is 28.4 Å². The van der Waals surface area contributed by atoms with E-state index < -0.39 is 16.9 Å². The Morgan fingerprint density at radius 3 is 2.00 bits per heavy atom. The van der Waals surface area contributed by atoms with Crippen LogP contribution in [0, 0.1) is 0 Å². The van der Waals surface area contributed by atoms with E-state index in [-0.39, 0.29) is 45.5 Å². The average molecular weight is 390 g/mol. The van der Waals surface area contributed by atoms with Crippen molar-refractivity contribution >= 4 is 11.0 Å². The lowest BCUT2D eigenvalue weighted by atomic mass is 10.1. The second-order valence-electron chi connectivity index (χ2n) is 5.65. The molecule has 1 aromatic heterocycles. The fourth-order valence-electron chi connectivity index (χ4n) is 2.91. The van der Waals surface area contributed by atoms with E-state index in [1.165, 1.54) is 40.6 Å². The standard InChI is InChI=1S/C19H18O9/c1-24-10-6-5-8(7-9(10)20)15-17(25-2)13(22)11-12(21)14(23)18(26-3)19(27-4)16(11)28-15/h5-7,20-21,23H,1-4H3. The first kappa shape index (κ1) is 19.0. The van der Waals surface area contributed by atoms with Gasteiger partial charge in [-0.25, -0.2) is 0 Å². The molecule has 0 amide bonds. The molecule has 2 aromatic carbocycles. The van der Waals surface area contributed by atoms with Crippen molar-refractivity contribution in [3.63, 3.8) is 0 Å². The van der Waals surface area contributed by atoms with Gasteiger partial charge in [0.1, 0.15) is 5.39 Å². The van der Waals surface area contributed by atoms with Crippen LogP contribution >= 0.6 is 0 Å². The van der Waals surface area contributed by atoms with Crippen molar-refractivity contribution < 1.29 is 38.7 Å². The van der Waals surface area contributed by atoms with E-state index in [9.17, 15) is 20.1 Å². The number of phenols is 3. The largest absolute Gasteiger partial charge is 0.504 e. The Bertz CT molecular complexity index is 1120. The topological polar surface area (TPSA) is 128 Å². The van der Waals surface area contributed by atoms with Gasteiger partial charge in [-0.3, -0.25) is 4.79 Å². The fraction of sp³-hybridized carbons (Fsp3) is 0.211. The first-order valence-corrected chi connectivity index (χ1v) is 7.97. The van der Waals surface area contributed by atoms with E-state index in [0.717, 1.165) is 0 Å². The van der Waals surface area contributed by atoms with Crippen LogP contribution in [0.15, 0.2) is 27.4 Å². The highest BCUT2D eigenvalue weighted by Gasteiger charge is 2.28. The summed E-state index contributed by atoms with van der Waals surface area (Å²) in [7, 11) is 5.20. The molecule has 0 aliphatic rings. The highest BCUT2D eigenvalue weighted by atomic mass is 16.5. The van der Waals surface area contributed by atoms with Crippen LogP contribution in [-0.4, -0.2) is 43.8 Å². The van der Waals surface area contributed by atoms with Gasteiger partial charge in [0.25, 0.3) is 0 Å². The number of hydrogen-bond acceptors (Lipinski definition) is 9. The first-order valence-electron chi connectivity index (χ1n) is 7.97. The number of phenolic OH excluding ortho intramolecular Hbond substituents is 3. The molecule has 9 heteroatoms. The Morgan fingerprint density at radius 1 is 0.821 bits per heavy atom. The zero-order valence-electron chi connectivity index (χ0n) is 15.5. The van der Waals surface area contributed by atoms with Gasteiger partial charge in [-0.05, 0) is 18.2 Å². The second-order valence-corrected chi connectivity index (χ2v) is 5.65. The number of methoxy groups -OCH3 is 4. The molecule has 0 atom stereocenters. The SMILES string of the molecule is COc1ccc(-c2oc3c(OC)c(OC)c(O)c(O)c3c(=O)c2OC)cc1O. The van der Waals surface area contributed by atoms with Crippen molar-refractivity contribution in [2.24, 2.45) is 0 Å². The van der Waals surface area contributed by atoms with Crippen LogP contribution in [-0.2, 0) is 0 Å². The van der Waals surface area contributed by atoms with E-state index in [1.54, 1.807) is 6.07 Å². The number of benzene rings is 2. The smallest absolute Gasteiger partial charge is 0.239 e. The predicted octanol–water partition coefficient (Wildman–Crippen LogP) is 2.61. The molecule has 3 rings (SSSR count). The van der Waals surface area contributed by atoms with Crippen LogP contribution in [0.5, 0.6) is 40.2 Å². The third kappa shape index (κ3) is 2.68. The molecule has 28 heavy (non-hydrogen) atoms. The number of ether oxygens (including phenoxy) is 4. The molecule has 0 aliphatic carbocycles. The lowest BCUT2D eigenvalue weighted by Gasteiger charge is -2.16. The summed E-state index contributed by atoms with van der Waals surface area (Å²) < 4.78 is 26.3. The van der Waals surface area contributed by atoms with Gasteiger partial charge in [-0.2, -0.15) is 0 Å². The number of fused-ring (bicyclic) bond motifs is 1. The molecule has 0 fully saturated rings. The number of hydrogen-bond donors (Lipinski definition) is 3. The van der Waals surface area contributed by atoms with Crippen LogP contribution in [0.2, 0.25) is 0 Å². The Balaban J connectivity index is 2.47. The third-order valence-corrected chi connectivity index (χ3v) is 4.21. The molecular weight excluding hydrogens is 372 g/mol. The van der Waals surface area contributed by atoms with E-state index in [1.807, 2.05) is 0 Å². The summed E-state index contributed by atoms with van der Waals surface area (Å²) in [4.78, 5) is 13.0. The Hall–Kier alpha value is -3.75. The zero-order valence-corrected chi connectivity index (χ0v) is 15.5. The second kappa shape index (κ2) is 7.10. The summed E-state index contributed by atoms with van der Waals surface area (Å²) in [6, 6.07) is 4.37. The normalized spacial score (nSPS) is 10.7. The number of rotatable bonds is 5. The minimum absolute atomic E-state index is 0.0246. The Kier molecular flexibility index (Phi) is 4.83. The summed E-state index contributed by atoms with van der Waals surface area (Å²) >= 11 is 0. The lowest BCUT2D eigenvalue weighted by Crippen LogP contribution is -2.09. The summed E-state index contributed by atoms with van der Waals surface area (Å²) in [6.07, 6.45) is 0. The van der Waals surface area contributed by atoms with Gasteiger partial charge in [0.15, 0.2) is 28.6 Å². The maximum atomic E-state index is 13.0. The quantitative estimate of drug-likeness (QED) is 0.563. The maximum Gasteiger partial charge on any atom is 0.239 e. The molecule has 0 bridgehead atoms. The first-order chi connectivity index (χ1) is 13.4. The van der Waals surface area contributed by atoms with Gasteiger partial charge in [-0.1, -0.05) is 0 Å². The van der Waals surface area contributed by atoms with Crippen LogP contribution in [0.1, 0.15) is 0 Å². The maximum absolute atomic E-state index is 13.0. The molecule has 0 aliphatic heterocycles. The van der Waals surface area contributed by atoms with Crippen molar-refractivity contribution in [3.05, 3.63) is 28.4 Å².